The molecular weight excluding hydrogens is 759 g/mol. The molecule has 4 aliphatic heterocycles. The Hall–Kier alpha value is -4.69. The van der Waals surface area contributed by atoms with Crippen molar-refractivity contribution in [2.75, 3.05) is 36.1 Å². The molecule has 298 valence electrons. The van der Waals surface area contributed by atoms with Crippen LogP contribution in [0.15, 0.2) is 94.7 Å². The predicted octanol–water partition coefficient (Wildman–Crippen LogP) is 6.73. The summed E-state index contributed by atoms with van der Waals surface area (Å²) in [6.07, 6.45) is 5.51. The maximum Gasteiger partial charge on any atom is 0.255 e. The molecule has 4 heterocycles. The van der Waals surface area contributed by atoms with Gasteiger partial charge in [0, 0.05) is 53.8 Å². The lowest BCUT2D eigenvalue weighted by Gasteiger charge is -2.39. The third kappa shape index (κ3) is 7.95. The first-order chi connectivity index (χ1) is 27.6. The van der Waals surface area contributed by atoms with E-state index in [1.165, 1.54) is 0 Å². The number of imide groups is 1. The van der Waals surface area contributed by atoms with Gasteiger partial charge in [0.15, 0.2) is 0 Å². The second-order valence-electron chi connectivity index (χ2n) is 15.5. The molecule has 0 spiro atoms. The van der Waals surface area contributed by atoms with Gasteiger partial charge in [-0.25, -0.2) is 8.42 Å². The van der Waals surface area contributed by atoms with E-state index in [1.54, 1.807) is 33.1 Å². The SMILES string of the molecule is Cc1ccc(S(=O)(=O)N2CC[C@@H]3[C@H](CO)Nc4ccc(-c5cccc(NCCCCCCSc6cccc7c6CN(C6CCC(=O)NC6=O)C7=O)c5)cc4[C@@H]32)cc1. The van der Waals surface area contributed by atoms with E-state index in [-0.39, 0.29) is 42.8 Å². The van der Waals surface area contributed by atoms with Crippen LogP contribution < -0.4 is 16.0 Å². The molecule has 4 aliphatic rings. The van der Waals surface area contributed by atoms with Gasteiger partial charge in [-0.3, -0.25) is 19.7 Å². The van der Waals surface area contributed by atoms with Gasteiger partial charge >= 0.3 is 0 Å². The monoisotopic (exact) mass is 807 g/mol. The number of benzene rings is 4. The minimum absolute atomic E-state index is 0.0490. The van der Waals surface area contributed by atoms with Crippen molar-refractivity contribution in [2.45, 2.75) is 86.3 Å². The number of rotatable bonds is 14. The van der Waals surface area contributed by atoms with Crippen molar-refractivity contribution in [3.63, 3.8) is 0 Å². The highest BCUT2D eigenvalue weighted by Crippen LogP contribution is 2.49. The van der Waals surface area contributed by atoms with E-state index < -0.39 is 22.0 Å². The number of hydrogen-bond acceptors (Lipinski definition) is 9. The van der Waals surface area contributed by atoms with Crippen LogP contribution in [0.1, 0.15) is 78.0 Å². The second kappa shape index (κ2) is 16.7. The molecule has 8 rings (SSSR count). The average Bonchev–Trinajstić information content (AvgIpc) is 3.82. The number of piperidine rings is 1. The molecule has 2 fully saturated rings. The molecule has 4 aromatic carbocycles. The molecule has 13 heteroatoms. The van der Waals surface area contributed by atoms with E-state index in [0.29, 0.717) is 36.4 Å². The highest BCUT2D eigenvalue weighted by molar-refractivity contribution is 7.99. The van der Waals surface area contributed by atoms with Crippen LogP contribution in [0.2, 0.25) is 0 Å². The number of thioether (sulfide) groups is 1. The standard InChI is InChI=1S/C44H49N5O6S2/c1-28-12-15-32(16-13-28)57(54,55)49-22-20-34-38(27-50)46-37-17-14-30(25-35(37)42(34)49)29-8-6-9-31(24-29)45-21-4-2-3-5-23-56-40-11-7-10-33-36(40)26-48(44(33)53)39-18-19-41(51)47-43(39)52/h6-17,24-25,34,38-39,42,45-46,50H,2-5,18-23,26-27H2,1H3,(H,47,51,52)/t34-,38+,39?,42-/m1/s1. The Balaban J connectivity index is 0.843. The lowest BCUT2D eigenvalue weighted by Crippen LogP contribution is -2.52. The van der Waals surface area contributed by atoms with Crippen LogP contribution in [0.3, 0.4) is 0 Å². The van der Waals surface area contributed by atoms with E-state index in [2.05, 4.69) is 46.3 Å². The quantitative estimate of drug-likeness (QED) is 0.0619. The summed E-state index contributed by atoms with van der Waals surface area (Å²) in [6.45, 7) is 3.51. The lowest BCUT2D eigenvalue weighted by atomic mass is 9.82. The third-order valence-electron chi connectivity index (χ3n) is 11.8. The molecule has 0 radical (unpaired) electrons. The van der Waals surface area contributed by atoms with Crippen LogP contribution >= 0.6 is 11.8 Å². The molecule has 4 aromatic rings. The van der Waals surface area contributed by atoms with E-state index in [0.717, 1.165) is 82.1 Å². The number of carbonyl (C=O) groups excluding carboxylic acids is 3. The van der Waals surface area contributed by atoms with E-state index in [9.17, 15) is 27.9 Å². The van der Waals surface area contributed by atoms with Crippen molar-refractivity contribution >= 4 is 50.9 Å². The molecule has 4 atom stereocenters. The van der Waals surface area contributed by atoms with Gasteiger partial charge in [-0.15, -0.1) is 11.8 Å². The number of nitrogens with one attached hydrogen (secondary N) is 3. The van der Waals surface area contributed by atoms with Crippen molar-refractivity contribution in [2.24, 2.45) is 5.92 Å². The van der Waals surface area contributed by atoms with Gasteiger partial charge in [-0.2, -0.15) is 4.31 Å². The van der Waals surface area contributed by atoms with E-state index >= 15 is 0 Å². The Morgan fingerprint density at radius 1 is 0.895 bits per heavy atom. The molecule has 0 aliphatic carbocycles. The zero-order valence-electron chi connectivity index (χ0n) is 32.1. The number of nitrogens with zero attached hydrogens (tertiary/aromatic N) is 2. The summed E-state index contributed by atoms with van der Waals surface area (Å²) in [5.41, 5.74) is 7.50. The maximum atomic E-state index is 14.0. The normalized spacial score (nSPS) is 21.8. The topological polar surface area (TPSA) is 148 Å². The first-order valence-corrected chi connectivity index (χ1v) is 22.4. The van der Waals surface area contributed by atoms with Crippen molar-refractivity contribution in [3.05, 3.63) is 107 Å². The number of carbonyl (C=O) groups is 3. The Kier molecular flexibility index (Phi) is 11.4. The number of hydrogen-bond donors (Lipinski definition) is 4. The van der Waals surface area contributed by atoms with E-state index in [4.69, 9.17) is 0 Å². The smallest absolute Gasteiger partial charge is 0.255 e. The summed E-state index contributed by atoms with van der Waals surface area (Å²) in [5, 5.41) is 19.7. The summed E-state index contributed by atoms with van der Waals surface area (Å²) in [4.78, 5) is 40.2. The largest absolute Gasteiger partial charge is 0.394 e. The molecule has 1 unspecified atom stereocenters. The highest BCUT2D eigenvalue weighted by Gasteiger charge is 2.48. The fourth-order valence-corrected chi connectivity index (χ4v) is 11.6. The fraction of sp³-hybridized carbons (Fsp3) is 0.386. The summed E-state index contributed by atoms with van der Waals surface area (Å²) in [7, 11) is -3.75. The van der Waals surface area contributed by atoms with Gasteiger partial charge in [0.1, 0.15) is 6.04 Å². The van der Waals surface area contributed by atoms with Gasteiger partial charge in [-0.05, 0) is 109 Å². The summed E-state index contributed by atoms with van der Waals surface area (Å²) in [6, 6.07) is 26.1. The molecule has 57 heavy (non-hydrogen) atoms. The average molecular weight is 808 g/mol. The number of aliphatic hydroxyl groups excluding tert-OH is 1. The summed E-state index contributed by atoms with van der Waals surface area (Å²) in [5.74, 6) is 0.0721. The highest BCUT2D eigenvalue weighted by atomic mass is 32.2. The molecule has 0 aromatic heterocycles. The van der Waals surface area contributed by atoms with Gasteiger partial charge < -0.3 is 20.6 Å². The van der Waals surface area contributed by atoms with Crippen LogP contribution in [-0.4, -0.2) is 78.0 Å². The number of amides is 3. The first-order valence-electron chi connectivity index (χ1n) is 20.0. The Bertz CT molecular complexity index is 2280. The number of sulfonamides is 1. The summed E-state index contributed by atoms with van der Waals surface area (Å²) >= 11 is 1.76. The lowest BCUT2D eigenvalue weighted by molar-refractivity contribution is -0.136. The van der Waals surface area contributed by atoms with Gasteiger partial charge in [-0.1, -0.05) is 54.8 Å². The van der Waals surface area contributed by atoms with Crippen molar-refractivity contribution in [1.29, 1.82) is 0 Å². The van der Waals surface area contributed by atoms with Crippen molar-refractivity contribution < 1.29 is 27.9 Å². The van der Waals surface area contributed by atoms with Gasteiger partial charge in [0.25, 0.3) is 5.91 Å². The van der Waals surface area contributed by atoms with Crippen molar-refractivity contribution in [3.8, 4) is 11.1 Å². The zero-order chi connectivity index (χ0) is 39.7. The molecule has 2 saturated heterocycles. The van der Waals surface area contributed by atoms with Gasteiger partial charge in [0.2, 0.25) is 21.8 Å². The molecule has 11 nitrogen and oxygen atoms in total. The minimum atomic E-state index is -3.75. The van der Waals surface area contributed by atoms with Crippen molar-refractivity contribution in [1.82, 2.24) is 14.5 Å². The molecule has 0 bridgehead atoms. The van der Waals surface area contributed by atoms with Crippen LogP contribution in [0.4, 0.5) is 11.4 Å². The fourth-order valence-electron chi connectivity index (χ4n) is 8.81. The van der Waals surface area contributed by atoms with Crippen LogP contribution in [0, 0.1) is 12.8 Å². The Morgan fingerprint density at radius 2 is 1.68 bits per heavy atom. The minimum Gasteiger partial charge on any atom is -0.394 e. The summed E-state index contributed by atoms with van der Waals surface area (Å²) < 4.78 is 29.6. The maximum absolute atomic E-state index is 14.0. The number of aryl methyl sites for hydroxylation is 1. The molecule has 3 amide bonds. The Labute approximate surface area is 338 Å². The predicted molar refractivity (Wildman–Crippen MR) is 222 cm³/mol. The number of anilines is 2. The first kappa shape index (κ1) is 39.2. The molecular formula is C44H49N5O6S2. The second-order valence-corrected chi connectivity index (χ2v) is 18.5. The molecule has 4 N–H and O–H groups in total. The van der Waals surface area contributed by atoms with Gasteiger partial charge in [0.05, 0.1) is 23.6 Å². The number of aliphatic hydroxyl groups is 1. The van der Waals surface area contributed by atoms with Crippen LogP contribution in [0.5, 0.6) is 0 Å². The van der Waals surface area contributed by atoms with E-state index in [1.807, 2.05) is 49.4 Å². The van der Waals surface area contributed by atoms with Crippen LogP contribution in [0.25, 0.3) is 11.1 Å². The third-order valence-corrected chi connectivity index (χ3v) is 14.9. The van der Waals surface area contributed by atoms with Crippen LogP contribution in [-0.2, 0) is 26.2 Å². The Morgan fingerprint density at radius 3 is 2.49 bits per heavy atom. The zero-order valence-corrected chi connectivity index (χ0v) is 33.7. The molecule has 0 saturated carbocycles. The number of fused-ring (bicyclic) bond motifs is 4. The number of unbranched alkanes of at least 4 members (excludes halogenated alkanes) is 3.